The predicted molar refractivity (Wildman–Crippen MR) is 90.9 cm³/mol. The van der Waals surface area contributed by atoms with Gasteiger partial charge in [0.25, 0.3) is 0 Å². The Labute approximate surface area is 140 Å². The molecule has 1 unspecified atom stereocenters. The van der Waals surface area contributed by atoms with Gasteiger partial charge in [0.1, 0.15) is 0 Å². The van der Waals surface area contributed by atoms with Crippen LogP contribution in [0.3, 0.4) is 0 Å². The highest BCUT2D eigenvalue weighted by molar-refractivity contribution is 5.87. The van der Waals surface area contributed by atoms with Gasteiger partial charge in [0.05, 0.1) is 11.9 Å². The summed E-state index contributed by atoms with van der Waals surface area (Å²) in [5.74, 6) is -0.432. The van der Waals surface area contributed by atoms with E-state index in [0.717, 1.165) is 11.1 Å². The summed E-state index contributed by atoms with van der Waals surface area (Å²) in [5.41, 5.74) is 2.40. The molecule has 2 heterocycles. The molecule has 120 valence electrons. The van der Waals surface area contributed by atoms with Crippen molar-refractivity contribution in [2.24, 2.45) is 7.05 Å². The molecule has 0 amide bonds. The Bertz CT molecular complexity index is 787. The predicted octanol–water partition coefficient (Wildman–Crippen LogP) is 3.16. The van der Waals surface area contributed by atoms with Crippen molar-refractivity contribution >= 4 is 12.0 Å². The van der Waals surface area contributed by atoms with Crippen molar-refractivity contribution in [2.45, 2.75) is 6.10 Å². The molecular formula is C19H17N3O2. The molecule has 5 heteroatoms. The fraction of sp³-hybridized carbons (Fsp3) is 0.105. The zero-order valence-corrected chi connectivity index (χ0v) is 13.2. The molecule has 0 saturated carbocycles. The van der Waals surface area contributed by atoms with Crippen LogP contribution in [0.5, 0.6) is 0 Å². The number of rotatable bonds is 5. The van der Waals surface area contributed by atoms with E-state index < -0.39 is 12.1 Å². The zero-order chi connectivity index (χ0) is 16.8. The van der Waals surface area contributed by atoms with E-state index in [2.05, 4.69) is 10.1 Å². The molecule has 0 radical (unpaired) electrons. The Kier molecular flexibility index (Phi) is 4.81. The van der Waals surface area contributed by atoms with Gasteiger partial charge in [-0.15, -0.1) is 0 Å². The largest absolute Gasteiger partial charge is 0.448 e. The number of pyridine rings is 1. The summed E-state index contributed by atoms with van der Waals surface area (Å²) in [5, 5.41) is 4.05. The Morgan fingerprint density at radius 2 is 1.96 bits per heavy atom. The van der Waals surface area contributed by atoms with Crippen LogP contribution in [0, 0.1) is 0 Å². The van der Waals surface area contributed by atoms with Gasteiger partial charge in [-0.3, -0.25) is 9.67 Å². The second-order valence-corrected chi connectivity index (χ2v) is 5.26. The van der Waals surface area contributed by atoms with Crippen molar-refractivity contribution in [3.05, 3.63) is 90.0 Å². The number of nitrogens with zero attached hydrogens (tertiary/aromatic N) is 3. The average Bonchev–Trinajstić information content (AvgIpc) is 3.05. The van der Waals surface area contributed by atoms with Crippen LogP contribution < -0.4 is 0 Å². The highest BCUT2D eigenvalue weighted by Gasteiger charge is 2.18. The minimum atomic E-state index is -0.543. The highest BCUT2D eigenvalue weighted by Crippen LogP contribution is 2.24. The monoisotopic (exact) mass is 319 g/mol. The van der Waals surface area contributed by atoms with Gasteiger partial charge in [-0.2, -0.15) is 5.10 Å². The molecule has 0 aliphatic heterocycles. The molecule has 3 rings (SSSR count). The Balaban J connectivity index is 1.79. The third-order valence-corrected chi connectivity index (χ3v) is 3.43. The molecule has 0 aliphatic carbocycles. The molecule has 3 aromatic rings. The van der Waals surface area contributed by atoms with Crippen molar-refractivity contribution in [2.75, 3.05) is 0 Å². The molecule has 1 atom stereocenters. The molecule has 0 fully saturated rings. The molecular weight excluding hydrogens is 302 g/mol. The van der Waals surface area contributed by atoms with Crippen LogP contribution in [0.1, 0.15) is 22.9 Å². The molecule has 5 nitrogen and oxygen atoms in total. The van der Waals surface area contributed by atoms with Gasteiger partial charge >= 0.3 is 5.97 Å². The molecule has 24 heavy (non-hydrogen) atoms. The minimum Gasteiger partial charge on any atom is -0.448 e. The first-order chi connectivity index (χ1) is 11.7. The lowest BCUT2D eigenvalue weighted by atomic mass is 10.1. The lowest BCUT2D eigenvalue weighted by Gasteiger charge is -2.16. The highest BCUT2D eigenvalue weighted by atomic mass is 16.5. The van der Waals surface area contributed by atoms with E-state index in [1.807, 2.05) is 61.8 Å². The Morgan fingerprint density at radius 1 is 1.17 bits per heavy atom. The standard InChI is InChI=1S/C19H17N3O2/c1-22-14-15(13-21-22)10-11-18(23)24-19(16-7-3-2-4-8-16)17-9-5-6-12-20-17/h2-14,19H,1H3/b11-10+. The summed E-state index contributed by atoms with van der Waals surface area (Å²) in [6, 6.07) is 15.1. The number of benzene rings is 1. The topological polar surface area (TPSA) is 57.0 Å². The molecule has 0 spiro atoms. The third kappa shape index (κ3) is 3.95. The van der Waals surface area contributed by atoms with E-state index in [4.69, 9.17) is 4.74 Å². The first-order valence-corrected chi connectivity index (χ1v) is 7.55. The Hall–Kier alpha value is -3.21. The average molecular weight is 319 g/mol. The van der Waals surface area contributed by atoms with Gasteiger partial charge in [0, 0.05) is 31.1 Å². The maximum absolute atomic E-state index is 12.2. The summed E-state index contributed by atoms with van der Waals surface area (Å²) < 4.78 is 7.31. The molecule has 0 bridgehead atoms. The summed E-state index contributed by atoms with van der Waals surface area (Å²) in [4.78, 5) is 16.5. The van der Waals surface area contributed by atoms with E-state index >= 15 is 0 Å². The second-order valence-electron chi connectivity index (χ2n) is 5.26. The van der Waals surface area contributed by atoms with E-state index in [1.54, 1.807) is 23.2 Å². The third-order valence-electron chi connectivity index (χ3n) is 3.43. The SMILES string of the molecule is Cn1cc(/C=C/C(=O)OC(c2ccccc2)c2ccccn2)cn1. The number of hydrogen-bond donors (Lipinski definition) is 0. The first kappa shape index (κ1) is 15.7. The fourth-order valence-corrected chi connectivity index (χ4v) is 2.30. The summed E-state index contributed by atoms with van der Waals surface area (Å²) in [6.45, 7) is 0. The lowest BCUT2D eigenvalue weighted by molar-refractivity contribution is -0.141. The van der Waals surface area contributed by atoms with Crippen LogP contribution in [0.15, 0.2) is 73.2 Å². The van der Waals surface area contributed by atoms with Gasteiger partial charge in [-0.1, -0.05) is 36.4 Å². The van der Waals surface area contributed by atoms with Crippen molar-refractivity contribution < 1.29 is 9.53 Å². The number of aryl methyl sites for hydroxylation is 1. The molecule has 0 N–H and O–H groups in total. The van der Waals surface area contributed by atoms with E-state index in [0.29, 0.717) is 5.69 Å². The van der Waals surface area contributed by atoms with Crippen molar-refractivity contribution in [1.82, 2.24) is 14.8 Å². The maximum Gasteiger partial charge on any atom is 0.331 e. The van der Waals surface area contributed by atoms with Gasteiger partial charge < -0.3 is 4.74 Å². The molecule has 2 aromatic heterocycles. The van der Waals surface area contributed by atoms with Crippen LogP contribution in [0.4, 0.5) is 0 Å². The van der Waals surface area contributed by atoms with E-state index in [9.17, 15) is 4.79 Å². The van der Waals surface area contributed by atoms with Crippen LogP contribution in [0.25, 0.3) is 6.08 Å². The van der Waals surface area contributed by atoms with Crippen LogP contribution in [-0.4, -0.2) is 20.7 Å². The summed E-state index contributed by atoms with van der Waals surface area (Å²) >= 11 is 0. The molecule has 0 aliphatic rings. The van der Waals surface area contributed by atoms with Gasteiger partial charge in [0.15, 0.2) is 6.10 Å². The van der Waals surface area contributed by atoms with Crippen LogP contribution >= 0.6 is 0 Å². The number of aromatic nitrogens is 3. The normalized spacial score (nSPS) is 12.2. The van der Waals surface area contributed by atoms with Crippen LogP contribution in [-0.2, 0) is 16.6 Å². The van der Waals surface area contributed by atoms with E-state index in [1.165, 1.54) is 6.08 Å². The van der Waals surface area contributed by atoms with Crippen LogP contribution in [0.2, 0.25) is 0 Å². The molecule has 0 saturated heterocycles. The van der Waals surface area contributed by atoms with Crippen molar-refractivity contribution in [3.63, 3.8) is 0 Å². The lowest BCUT2D eigenvalue weighted by Crippen LogP contribution is -2.12. The van der Waals surface area contributed by atoms with Crippen molar-refractivity contribution in [3.8, 4) is 0 Å². The maximum atomic E-state index is 12.2. The van der Waals surface area contributed by atoms with E-state index in [-0.39, 0.29) is 0 Å². The van der Waals surface area contributed by atoms with Gasteiger partial charge in [0.2, 0.25) is 0 Å². The number of hydrogen-bond acceptors (Lipinski definition) is 4. The number of carbonyl (C=O) groups excluding carboxylic acids is 1. The van der Waals surface area contributed by atoms with Crippen molar-refractivity contribution in [1.29, 1.82) is 0 Å². The minimum absolute atomic E-state index is 0.432. The quantitative estimate of drug-likeness (QED) is 0.535. The summed E-state index contributed by atoms with van der Waals surface area (Å²) in [7, 11) is 1.82. The molecule has 1 aromatic carbocycles. The second kappa shape index (κ2) is 7.37. The fourth-order valence-electron chi connectivity index (χ4n) is 2.30. The number of carbonyl (C=O) groups is 1. The zero-order valence-electron chi connectivity index (χ0n) is 13.2. The Morgan fingerprint density at radius 3 is 2.62 bits per heavy atom. The van der Waals surface area contributed by atoms with Gasteiger partial charge in [-0.05, 0) is 23.8 Å². The number of esters is 1. The van der Waals surface area contributed by atoms with Gasteiger partial charge in [-0.25, -0.2) is 4.79 Å². The number of ether oxygens (including phenoxy) is 1. The first-order valence-electron chi connectivity index (χ1n) is 7.55. The summed E-state index contributed by atoms with van der Waals surface area (Å²) in [6.07, 6.45) is 7.71. The smallest absolute Gasteiger partial charge is 0.331 e.